The Morgan fingerprint density at radius 1 is 1.16 bits per heavy atom. The maximum absolute atomic E-state index is 4.25. The molecule has 1 aromatic rings. The van der Waals surface area contributed by atoms with Gasteiger partial charge < -0.3 is 5.32 Å². The monoisotopic (exact) mass is 266 g/mol. The predicted octanol–water partition coefficient (Wildman–Crippen LogP) is 3.21. The highest BCUT2D eigenvalue weighted by atomic mass is 15.4. The fourth-order valence-corrected chi connectivity index (χ4v) is 2.05. The number of hydrogen-bond acceptors (Lipinski definition) is 3. The Bertz CT molecular complexity index is 349. The first-order valence-electron chi connectivity index (χ1n) is 7.32. The van der Waals surface area contributed by atoms with Crippen LogP contribution in [0.4, 0.5) is 0 Å². The summed E-state index contributed by atoms with van der Waals surface area (Å²) in [6.07, 6.45) is 7.19. The Hall–Kier alpha value is -0.900. The van der Waals surface area contributed by atoms with E-state index in [1.54, 1.807) is 12.7 Å². The van der Waals surface area contributed by atoms with Crippen molar-refractivity contribution in [2.75, 3.05) is 6.54 Å². The van der Waals surface area contributed by atoms with E-state index >= 15 is 0 Å². The lowest BCUT2D eigenvalue weighted by Gasteiger charge is -2.32. The Kier molecular flexibility index (Phi) is 5.53. The molecule has 4 heteroatoms. The molecule has 1 heterocycles. The minimum absolute atomic E-state index is 0.0550. The van der Waals surface area contributed by atoms with Gasteiger partial charge in [-0.05, 0) is 45.6 Å². The Labute approximate surface area is 118 Å². The van der Waals surface area contributed by atoms with Crippen molar-refractivity contribution < 1.29 is 0 Å². The van der Waals surface area contributed by atoms with Crippen molar-refractivity contribution in [2.45, 2.75) is 72.4 Å². The zero-order chi connectivity index (χ0) is 14.5. The van der Waals surface area contributed by atoms with E-state index in [0.29, 0.717) is 11.5 Å². The minimum atomic E-state index is -0.0550. The van der Waals surface area contributed by atoms with E-state index in [1.807, 2.05) is 4.68 Å². The molecule has 0 saturated heterocycles. The highest BCUT2D eigenvalue weighted by molar-refractivity contribution is 4.86. The summed E-state index contributed by atoms with van der Waals surface area (Å²) in [5, 5.41) is 7.86. The molecule has 0 bridgehead atoms. The second kappa shape index (κ2) is 6.51. The van der Waals surface area contributed by atoms with Crippen LogP contribution >= 0.6 is 0 Å². The van der Waals surface area contributed by atoms with Crippen LogP contribution in [0.1, 0.15) is 60.8 Å². The summed E-state index contributed by atoms with van der Waals surface area (Å²) < 4.78 is 1.93. The lowest BCUT2D eigenvalue weighted by Crippen LogP contribution is -2.47. The summed E-state index contributed by atoms with van der Waals surface area (Å²) in [6.45, 7) is 14.6. The minimum Gasteiger partial charge on any atom is -0.312 e. The molecule has 1 aromatic heterocycles. The van der Waals surface area contributed by atoms with E-state index in [9.17, 15) is 0 Å². The second-order valence-electron chi connectivity index (χ2n) is 7.19. The average molecular weight is 266 g/mol. The maximum Gasteiger partial charge on any atom is 0.137 e. The van der Waals surface area contributed by atoms with Gasteiger partial charge in [0.25, 0.3) is 0 Å². The zero-order valence-electron chi connectivity index (χ0n) is 13.4. The molecule has 0 spiro atoms. The summed E-state index contributed by atoms with van der Waals surface area (Å²) in [5.41, 5.74) is 0.395. The number of aromatic nitrogens is 3. The van der Waals surface area contributed by atoms with Crippen LogP contribution in [0.15, 0.2) is 12.7 Å². The Morgan fingerprint density at radius 2 is 1.84 bits per heavy atom. The number of hydrogen-bond donors (Lipinski definition) is 1. The molecule has 0 saturated carbocycles. The Morgan fingerprint density at radius 3 is 2.37 bits per heavy atom. The molecule has 0 amide bonds. The third kappa shape index (κ3) is 5.31. The van der Waals surface area contributed by atoms with Gasteiger partial charge in [-0.15, -0.1) is 0 Å². The molecule has 0 aliphatic heterocycles. The van der Waals surface area contributed by atoms with E-state index in [0.717, 1.165) is 6.54 Å². The van der Waals surface area contributed by atoms with E-state index < -0.39 is 0 Å². The van der Waals surface area contributed by atoms with Gasteiger partial charge in [-0.2, -0.15) is 5.10 Å². The van der Waals surface area contributed by atoms with Gasteiger partial charge in [0.15, 0.2) is 0 Å². The SMILES string of the molecule is C[C@@H](NCCCCC(C)(C)C)C(C)(C)n1cncn1. The topological polar surface area (TPSA) is 42.7 Å². The molecule has 1 atom stereocenters. The third-order valence-corrected chi connectivity index (χ3v) is 3.87. The lowest BCUT2D eigenvalue weighted by atomic mass is 9.90. The molecule has 0 aromatic carbocycles. The molecule has 4 nitrogen and oxygen atoms in total. The number of nitrogens with zero attached hydrogens (tertiary/aromatic N) is 3. The first kappa shape index (κ1) is 16.2. The van der Waals surface area contributed by atoms with E-state index in [1.165, 1.54) is 19.3 Å². The molecule has 0 radical (unpaired) electrons. The van der Waals surface area contributed by atoms with Crippen molar-refractivity contribution in [3.05, 3.63) is 12.7 Å². The highest BCUT2D eigenvalue weighted by Gasteiger charge is 2.28. The maximum atomic E-state index is 4.25. The average Bonchev–Trinajstić information content (AvgIpc) is 2.80. The highest BCUT2D eigenvalue weighted by Crippen LogP contribution is 2.21. The molecule has 110 valence electrons. The number of unbranched alkanes of at least 4 members (excludes halogenated alkanes) is 1. The van der Waals surface area contributed by atoms with Gasteiger partial charge in [0.1, 0.15) is 12.7 Å². The molecule has 0 aliphatic carbocycles. The van der Waals surface area contributed by atoms with E-state index in [4.69, 9.17) is 0 Å². The molecule has 0 unspecified atom stereocenters. The van der Waals surface area contributed by atoms with Gasteiger partial charge in [-0.3, -0.25) is 0 Å². The molecule has 1 N–H and O–H groups in total. The standard InChI is InChI=1S/C15H30N4/c1-13(15(5,6)19-12-16-11-18-19)17-10-8-7-9-14(2,3)4/h11-13,17H,7-10H2,1-6H3/t13-/m1/s1. The van der Waals surface area contributed by atoms with Crippen molar-refractivity contribution >= 4 is 0 Å². The summed E-state index contributed by atoms with van der Waals surface area (Å²) in [6, 6.07) is 0.365. The molecule has 1 rings (SSSR count). The molecule has 0 aliphatic rings. The van der Waals surface area contributed by atoms with Crippen LogP contribution in [0.25, 0.3) is 0 Å². The van der Waals surface area contributed by atoms with Crippen molar-refractivity contribution in [1.82, 2.24) is 20.1 Å². The van der Waals surface area contributed by atoms with E-state index in [2.05, 4.69) is 56.9 Å². The molecule has 0 fully saturated rings. The summed E-state index contributed by atoms with van der Waals surface area (Å²) in [7, 11) is 0. The largest absolute Gasteiger partial charge is 0.312 e. The normalized spacial score (nSPS) is 14.6. The van der Waals surface area contributed by atoms with Crippen LogP contribution in [0, 0.1) is 5.41 Å². The van der Waals surface area contributed by atoms with Gasteiger partial charge in [0, 0.05) is 6.04 Å². The van der Waals surface area contributed by atoms with Crippen LogP contribution < -0.4 is 5.32 Å². The van der Waals surface area contributed by atoms with Gasteiger partial charge >= 0.3 is 0 Å². The lowest BCUT2D eigenvalue weighted by molar-refractivity contribution is 0.230. The van der Waals surface area contributed by atoms with Crippen molar-refractivity contribution in [3.63, 3.8) is 0 Å². The fraction of sp³-hybridized carbons (Fsp3) is 0.867. The second-order valence-corrected chi connectivity index (χ2v) is 7.19. The number of nitrogens with one attached hydrogen (secondary N) is 1. The van der Waals surface area contributed by atoms with Crippen molar-refractivity contribution in [1.29, 1.82) is 0 Å². The number of rotatable bonds is 7. The van der Waals surface area contributed by atoms with Crippen LogP contribution in [0.3, 0.4) is 0 Å². The van der Waals surface area contributed by atoms with E-state index in [-0.39, 0.29) is 5.54 Å². The van der Waals surface area contributed by atoms with Gasteiger partial charge in [0.2, 0.25) is 0 Å². The summed E-state index contributed by atoms with van der Waals surface area (Å²) >= 11 is 0. The van der Waals surface area contributed by atoms with Crippen LogP contribution in [0.5, 0.6) is 0 Å². The van der Waals surface area contributed by atoms with Crippen LogP contribution in [-0.2, 0) is 5.54 Å². The third-order valence-electron chi connectivity index (χ3n) is 3.87. The van der Waals surface area contributed by atoms with Gasteiger partial charge in [0.05, 0.1) is 5.54 Å². The van der Waals surface area contributed by atoms with Gasteiger partial charge in [-0.1, -0.05) is 27.2 Å². The summed E-state index contributed by atoms with van der Waals surface area (Å²) in [4.78, 5) is 4.03. The smallest absolute Gasteiger partial charge is 0.137 e. The van der Waals surface area contributed by atoms with Crippen LogP contribution in [-0.4, -0.2) is 27.4 Å². The van der Waals surface area contributed by atoms with Crippen molar-refractivity contribution in [3.8, 4) is 0 Å². The zero-order valence-corrected chi connectivity index (χ0v) is 13.4. The van der Waals surface area contributed by atoms with Crippen molar-refractivity contribution in [2.24, 2.45) is 5.41 Å². The molecule has 19 heavy (non-hydrogen) atoms. The van der Waals surface area contributed by atoms with Gasteiger partial charge in [-0.25, -0.2) is 9.67 Å². The molecular weight excluding hydrogens is 236 g/mol. The first-order valence-corrected chi connectivity index (χ1v) is 7.32. The quantitative estimate of drug-likeness (QED) is 0.771. The summed E-state index contributed by atoms with van der Waals surface area (Å²) in [5.74, 6) is 0. The molecular formula is C15H30N4. The fourth-order valence-electron chi connectivity index (χ4n) is 2.05. The first-order chi connectivity index (χ1) is 8.73. The Balaban J connectivity index is 2.30. The van der Waals surface area contributed by atoms with Crippen LogP contribution in [0.2, 0.25) is 0 Å². The predicted molar refractivity (Wildman–Crippen MR) is 80.1 cm³/mol.